The Morgan fingerprint density at radius 3 is 2.88 bits per heavy atom. The minimum atomic E-state index is -2.99. The standard InChI is InChI=1S/C13H17NO2S/c1-13(6-2-7-14-13)11-3-4-12-10(9-11)5-8-17(12,15)16/h3-4,9,14H,2,5-8H2,1H3. The first-order chi connectivity index (χ1) is 8.01. The molecule has 3 rings (SSSR count). The predicted molar refractivity (Wildman–Crippen MR) is 66.8 cm³/mol. The van der Waals surface area contributed by atoms with Crippen molar-refractivity contribution in [1.82, 2.24) is 5.32 Å². The highest BCUT2D eigenvalue weighted by atomic mass is 32.2. The number of aryl methyl sites for hydroxylation is 1. The highest BCUT2D eigenvalue weighted by Gasteiger charge is 2.32. The summed E-state index contributed by atoms with van der Waals surface area (Å²) in [4.78, 5) is 0.544. The van der Waals surface area contributed by atoms with Crippen LogP contribution in [0.1, 0.15) is 30.9 Å². The van der Waals surface area contributed by atoms with Gasteiger partial charge in [-0.3, -0.25) is 0 Å². The van der Waals surface area contributed by atoms with Gasteiger partial charge in [0.25, 0.3) is 0 Å². The second kappa shape index (κ2) is 3.56. The topological polar surface area (TPSA) is 46.2 Å². The Hall–Kier alpha value is -0.870. The van der Waals surface area contributed by atoms with Gasteiger partial charge < -0.3 is 5.32 Å². The molecular formula is C13H17NO2S. The van der Waals surface area contributed by atoms with Crippen molar-refractivity contribution in [2.24, 2.45) is 0 Å². The Kier molecular flexibility index (Phi) is 2.35. The fourth-order valence-electron chi connectivity index (χ4n) is 2.92. The average molecular weight is 251 g/mol. The van der Waals surface area contributed by atoms with E-state index in [1.165, 1.54) is 12.0 Å². The Morgan fingerprint density at radius 1 is 1.35 bits per heavy atom. The Labute approximate surface area is 102 Å². The second-order valence-corrected chi connectivity index (χ2v) is 7.33. The van der Waals surface area contributed by atoms with Gasteiger partial charge in [0, 0.05) is 5.54 Å². The number of sulfone groups is 1. The van der Waals surface area contributed by atoms with Crippen LogP contribution in [0.3, 0.4) is 0 Å². The monoisotopic (exact) mass is 251 g/mol. The molecule has 17 heavy (non-hydrogen) atoms. The lowest BCUT2D eigenvalue weighted by Gasteiger charge is -2.25. The Bertz CT molecular complexity index is 557. The van der Waals surface area contributed by atoms with E-state index in [1.807, 2.05) is 6.07 Å². The molecule has 2 aliphatic rings. The largest absolute Gasteiger partial charge is 0.308 e. The maximum Gasteiger partial charge on any atom is 0.178 e. The molecule has 1 N–H and O–H groups in total. The van der Waals surface area contributed by atoms with Crippen LogP contribution in [0.5, 0.6) is 0 Å². The molecule has 1 unspecified atom stereocenters. The minimum absolute atomic E-state index is 0.0291. The van der Waals surface area contributed by atoms with E-state index in [0.717, 1.165) is 18.5 Å². The summed E-state index contributed by atoms with van der Waals surface area (Å²) in [5.74, 6) is 0.274. The fraction of sp³-hybridized carbons (Fsp3) is 0.538. The lowest BCUT2D eigenvalue weighted by Crippen LogP contribution is -2.33. The van der Waals surface area contributed by atoms with E-state index in [2.05, 4.69) is 18.3 Å². The molecule has 0 saturated carbocycles. The zero-order valence-corrected chi connectivity index (χ0v) is 10.8. The summed E-state index contributed by atoms with van der Waals surface area (Å²) in [5.41, 5.74) is 2.25. The van der Waals surface area contributed by atoms with Gasteiger partial charge in [-0.15, -0.1) is 0 Å². The predicted octanol–water partition coefficient (Wildman–Crippen LogP) is 1.61. The zero-order chi connectivity index (χ0) is 12.1. The van der Waals surface area contributed by atoms with Crippen LogP contribution in [-0.2, 0) is 21.8 Å². The lowest BCUT2D eigenvalue weighted by atomic mass is 9.89. The molecule has 3 nitrogen and oxygen atoms in total. The summed E-state index contributed by atoms with van der Waals surface area (Å²) in [6.07, 6.45) is 2.98. The summed E-state index contributed by atoms with van der Waals surface area (Å²) >= 11 is 0. The molecule has 0 radical (unpaired) electrons. The smallest absolute Gasteiger partial charge is 0.178 e. The van der Waals surface area contributed by atoms with Crippen LogP contribution in [-0.4, -0.2) is 20.7 Å². The summed E-state index contributed by atoms with van der Waals surface area (Å²) < 4.78 is 23.5. The van der Waals surface area contributed by atoms with Gasteiger partial charge in [0.1, 0.15) is 0 Å². The number of hydrogen-bond acceptors (Lipinski definition) is 3. The molecule has 1 aromatic carbocycles. The normalized spacial score (nSPS) is 30.4. The van der Waals surface area contributed by atoms with Crippen LogP contribution in [0, 0.1) is 0 Å². The molecule has 2 heterocycles. The maximum atomic E-state index is 11.7. The number of hydrogen-bond donors (Lipinski definition) is 1. The third-order valence-corrected chi connectivity index (χ3v) is 5.85. The summed E-state index contributed by atoms with van der Waals surface area (Å²) in [7, 11) is -2.99. The molecule has 0 bridgehead atoms. The molecule has 1 aromatic rings. The van der Waals surface area contributed by atoms with Gasteiger partial charge in [-0.1, -0.05) is 12.1 Å². The van der Waals surface area contributed by atoms with Gasteiger partial charge in [-0.25, -0.2) is 8.42 Å². The maximum absolute atomic E-state index is 11.7. The van der Waals surface area contributed by atoms with Crippen molar-refractivity contribution in [2.45, 2.75) is 36.6 Å². The van der Waals surface area contributed by atoms with Crippen molar-refractivity contribution in [1.29, 1.82) is 0 Å². The summed E-state index contributed by atoms with van der Waals surface area (Å²) in [6, 6.07) is 5.84. The van der Waals surface area contributed by atoms with E-state index in [4.69, 9.17) is 0 Å². The molecule has 0 spiro atoms. The summed E-state index contributed by atoms with van der Waals surface area (Å²) in [5, 5.41) is 3.51. The van der Waals surface area contributed by atoms with E-state index < -0.39 is 9.84 Å². The molecule has 92 valence electrons. The quantitative estimate of drug-likeness (QED) is 0.825. The van der Waals surface area contributed by atoms with Crippen molar-refractivity contribution < 1.29 is 8.42 Å². The molecule has 0 aliphatic carbocycles. The van der Waals surface area contributed by atoms with Gasteiger partial charge >= 0.3 is 0 Å². The molecule has 1 fully saturated rings. The second-order valence-electron chi connectivity index (χ2n) is 5.25. The van der Waals surface area contributed by atoms with Crippen molar-refractivity contribution in [3.63, 3.8) is 0 Å². The number of nitrogens with one attached hydrogen (secondary N) is 1. The molecule has 4 heteroatoms. The van der Waals surface area contributed by atoms with Gasteiger partial charge in [-0.2, -0.15) is 0 Å². The van der Waals surface area contributed by atoms with E-state index in [9.17, 15) is 8.42 Å². The Morgan fingerprint density at radius 2 is 2.18 bits per heavy atom. The fourth-order valence-corrected chi connectivity index (χ4v) is 4.46. The molecular weight excluding hydrogens is 234 g/mol. The van der Waals surface area contributed by atoms with Gasteiger partial charge in [-0.05, 0) is 49.9 Å². The van der Waals surface area contributed by atoms with E-state index in [0.29, 0.717) is 11.3 Å². The van der Waals surface area contributed by atoms with Crippen molar-refractivity contribution >= 4 is 9.84 Å². The van der Waals surface area contributed by atoms with Crippen molar-refractivity contribution in [3.8, 4) is 0 Å². The third kappa shape index (κ3) is 1.70. The molecule has 0 aromatic heterocycles. The van der Waals surface area contributed by atoms with Gasteiger partial charge in [0.05, 0.1) is 10.6 Å². The lowest BCUT2D eigenvalue weighted by molar-refractivity contribution is 0.434. The van der Waals surface area contributed by atoms with E-state index in [1.54, 1.807) is 6.07 Å². The highest BCUT2D eigenvalue weighted by molar-refractivity contribution is 7.91. The van der Waals surface area contributed by atoms with Crippen molar-refractivity contribution in [3.05, 3.63) is 29.3 Å². The first kappa shape index (κ1) is 11.2. The first-order valence-corrected chi connectivity index (χ1v) is 7.78. The van der Waals surface area contributed by atoms with Crippen LogP contribution in [0.2, 0.25) is 0 Å². The minimum Gasteiger partial charge on any atom is -0.308 e. The molecule has 0 amide bonds. The SMILES string of the molecule is CC1(c2ccc3c(c2)CCS3(=O)=O)CCCN1. The van der Waals surface area contributed by atoms with E-state index in [-0.39, 0.29) is 11.3 Å². The van der Waals surface area contributed by atoms with Gasteiger partial charge in [0.15, 0.2) is 9.84 Å². The van der Waals surface area contributed by atoms with Crippen LogP contribution >= 0.6 is 0 Å². The van der Waals surface area contributed by atoms with Crippen LogP contribution < -0.4 is 5.32 Å². The zero-order valence-electron chi connectivity index (χ0n) is 9.99. The third-order valence-electron chi connectivity index (χ3n) is 4.04. The molecule has 1 saturated heterocycles. The highest BCUT2D eigenvalue weighted by Crippen LogP contribution is 2.34. The molecule has 2 aliphatic heterocycles. The number of fused-ring (bicyclic) bond motifs is 1. The van der Waals surface area contributed by atoms with Crippen LogP contribution in [0.15, 0.2) is 23.1 Å². The number of rotatable bonds is 1. The number of benzene rings is 1. The first-order valence-electron chi connectivity index (χ1n) is 6.12. The average Bonchev–Trinajstić information content (AvgIpc) is 2.85. The van der Waals surface area contributed by atoms with E-state index >= 15 is 0 Å². The van der Waals surface area contributed by atoms with Crippen molar-refractivity contribution in [2.75, 3.05) is 12.3 Å². The van der Waals surface area contributed by atoms with Crippen LogP contribution in [0.4, 0.5) is 0 Å². The molecule has 1 atom stereocenters. The van der Waals surface area contributed by atoms with Gasteiger partial charge in [0.2, 0.25) is 0 Å². The van der Waals surface area contributed by atoms with Crippen LogP contribution in [0.25, 0.3) is 0 Å². The Balaban J connectivity index is 2.06. The summed E-state index contributed by atoms with van der Waals surface area (Å²) in [6.45, 7) is 3.25.